The molecular weight excluding hydrogens is 488 g/mol. The van der Waals surface area contributed by atoms with Crippen LogP contribution in [0.2, 0.25) is 0 Å². The van der Waals surface area contributed by atoms with E-state index in [0.29, 0.717) is 16.5 Å². The maximum Gasteiger partial charge on any atom is 0.335 e. The zero-order valence-corrected chi connectivity index (χ0v) is 21.4. The van der Waals surface area contributed by atoms with Crippen LogP contribution in [-0.2, 0) is 15.7 Å². The van der Waals surface area contributed by atoms with Crippen molar-refractivity contribution in [2.75, 3.05) is 30.4 Å². The first-order chi connectivity index (χ1) is 16.9. The molecule has 186 valence electrons. The second-order valence-electron chi connectivity index (χ2n) is 8.30. The molecule has 11 heteroatoms. The molecule has 0 bridgehead atoms. The summed E-state index contributed by atoms with van der Waals surface area (Å²) in [4.78, 5) is 21.5. The predicted molar refractivity (Wildman–Crippen MR) is 137 cm³/mol. The number of methoxy groups -OCH3 is 1. The number of benzene rings is 1. The lowest BCUT2D eigenvalue weighted by Gasteiger charge is -2.28. The number of ether oxygens (including phenoxy) is 2. The number of carboxylic acid groups (broad SMARTS) is 1. The van der Waals surface area contributed by atoms with E-state index in [9.17, 15) is 9.00 Å². The molecule has 0 radical (unpaired) electrons. The first-order valence-corrected chi connectivity index (χ1v) is 13.2. The van der Waals surface area contributed by atoms with Crippen molar-refractivity contribution in [3.8, 4) is 16.3 Å². The second kappa shape index (κ2) is 11.1. The molecule has 3 N–H and O–H groups in total. The van der Waals surface area contributed by atoms with Crippen molar-refractivity contribution in [3.63, 3.8) is 0 Å². The second-order valence-corrected chi connectivity index (χ2v) is 10.5. The van der Waals surface area contributed by atoms with Crippen LogP contribution in [0.15, 0.2) is 41.4 Å². The molecule has 9 nitrogen and oxygen atoms in total. The first kappa shape index (κ1) is 25.1. The number of aryl methyl sites for hydroxylation is 1. The largest absolute Gasteiger partial charge is 0.480 e. The first-order valence-electron chi connectivity index (χ1n) is 11.2. The third kappa shape index (κ3) is 5.98. The lowest BCUT2D eigenvalue weighted by molar-refractivity contribution is 0.0622. The molecule has 0 saturated carbocycles. The summed E-state index contributed by atoms with van der Waals surface area (Å²) in [5.41, 5.74) is 2.32. The SMILES string of the molecule is COc1ncc(-c2sc(NC(C)C3CCOCC3)nc2C)cc1S(=O)Nc1ccc(C(=O)O)cc1. The van der Waals surface area contributed by atoms with Gasteiger partial charge in [0.2, 0.25) is 5.88 Å². The molecule has 1 saturated heterocycles. The highest BCUT2D eigenvalue weighted by molar-refractivity contribution is 7.86. The van der Waals surface area contributed by atoms with Crippen LogP contribution in [0.5, 0.6) is 5.88 Å². The molecule has 2 atom stereocenters. The van der Waals surface area contributed by atoms with Crippen molar-refractivity contribution in [2.24, 2.45) is 5.92 Å². The number of hydrogen-bond donors (Lipinski definition) is 3. The Labute approximate surface area is 210 Å². The van der Waals surface area contributed by atoms with Crippen LogP contribution >= 0.6 is 11.3 Å². The molecule has 3 aromatic rings. The molecular formula is C24H28N4O5S2. The van der Waals surface area contributed by atoms with Crippen molar-refractivity contribution >= 4 is 39.1 Å². The normalized spacial score (nSPS) is 15.9. The Morgan fingerprint density at radius 1 is 1.29 bits per heavy atom. The highest BCUT2D eigenvalue weighted by Gasteiger charge is 2.22. The molecule has 1 aliphatic rings. The maximum atomic E-state index is 13.1. The minimum atomic E-state index is -1.69. The number of nitrogens with zero attached hydrogens (tertiary/aromatic N) is 2. The van der Waals surface area contributed by atoms with Crippen LogP contribution in [0.4, 0.5) is 10.8 Å². The van der Waals surface area contributed by atoms with Gasteiger partial charge >= 0.3 is 5.97 Å². The lowest BCUT2D eigenvalue weighted by Crippen LogP contribution is -2.30. The lowest BCUT2D eigenvalue weighted by atomic mass is 9.93. The van der Waals surface area contributed by atoms with Crippen molar-refractivity contribution in [1.82, 2.24) is 9.97 Å². The van der Waals surface area contributed by atoms with Gasteiger partial charge in [0.05, 0.1) is 23.2 Å². The fourth-order valence-electron chi connectivity index (χ4n) is 3.94. The fraction of sp³-hybridized carbons (Fsp3) is 0.375. The minimum Gasteiger partial charge on any atom is -0.480 e. The quantitative estimate of drug-likeness (QED) is 0.378. The fourth-order valence-corrected chi connectivity index (χ4v) is 5.97. The number of carboxylic acids is 1. The third-order valence-corrected chi connectivity index (χ3v) is 8.19. The maximum absolute atomic E-state index is 13.1. The van der Waals surface area contributed by atoms with Crippen molar-refractivity contribution in [2.45, 2.75) is 37.6 Å². The molecule has 0 spiro atoms. The zero-order valence-electron chi connectivity index (χ0n) is 19.7. The van der Waals surface area contributed by atoms with Gasteiger partial charge in [0.15, 0.2) is 16.1 Å². The standard InChI is InChI=1S/C24H28N4O5S2/c1-14(16-8-10-33-11-9-16)26-24-27-15(2)21(34-24)18-12-20(22(32-3)25-13-18)35(31)28-19-6-4-17(5-7-19)23(29)30/h4-7,12-14,16,28H,8-11H2,1-3H3,(H,26,27)(H,29,30). The Balaban J connectivity index is 1.54. The van der Waals surface area contributed by atoms with Gasteiger partial charge in [-0.1, -0.05) is 11.3 Å². The van der Waals surface area contributed by atoms with E-state index < -0.39 is 17.0 Å². The Bertz CT molecular complexity index is 1210. The summed E-state index contributed by atoms with van der Waals surface area (Å²) in [6, 6.07) is 8.10. The van der Waals surface area contributed by atoms with Crippen LogP contribution in [0.25, 0.3) is 10.4 Å². The Kier molecular flexibility index (Phi) is 7.99. The van der Waals surface area contributed by atoms with E-state index in [1.165, 1.54) is 30.6 Å². The average molecular weight is 517 g/mol. The van der Waals surface area contributed by atoms with E-state index in [2.05, 4.69) is 21.9 Å². The summed E-state index contributed by atoms with van der Waals surface area (Å²) < 4.78 is 26.8. The van der Waals surface area contributed by atoms with Crippen molar-refractivity contribution < 1.29 is 23.6 Å². The van der Waals surface area contributed by atoms with Crippen LogP contribution in [0, 0.1) is 12.8 Å². The molecule has 2 aromatic heterocycles. The highest BCUT2D eigenvalue weighted by Crippen LogP contribution is 2.36. The summed E-state index contributed by atoms with van der Waals surface area (Å²) in [6.07, 6.45) is 3.76. The van der Waals surface area contributed by atoms with Crippen LogP contribution in [0.1, 0.15) is 35.8 Å². The summed E-state index contributed by atoms with van der Waals surface area (Å²) in [5.74, 6) is -0.230. The van der Waals surface area contributed by atoms with Crippen LogP contribution in [0.3, 0.4) is 0 Å². The molecule has 0 amide bonds. The number of carbonyl (C=O) groups is 1. The summed E-state index contributed by atoms with van der Waals surface area (Å²) >= 11 is 1.54. The number of pyridine rings is 1. The number of aromatic carboxylic acids is 1. The average Bonchev–Trinajstić information content (AvgIpc) is 3.24. The van der Waals surface area contributed by atoms with E-state index in [0.717, 1.165) is 47.3 Å². The molecule has 2 unspecified atom stereocenters. The molecule has 1 aliphatic heterocycles. The predicted octanol–water partition coefficient (Wildman–Crippen LogP) is 4.58. The number of aromatic nitrogens is 2. The van der Waals surface area contributed by atoms with Gasteiger partial charge in [0.1, 0.15) is 4.90 Å². The summed E-state index contributed by atoms with van der Waals surface area (Å²) in [5, 5.41) is 13.4. The topological polar surface area (TPSA) is 123 Å². The van der Waals surface area contributed by atoms with E-state index in [-0.39, 0.29) is 17.5 Å². The van der Waals surface area contributed by atoms with Gasteiger partial charge in [-0.15, -0.1) is 0 Å². The van der Waals surface area contributed by atoms with E-state index in [1.807, 2.05) is 6.92 Å². The molecule has 1 aromatic carbocycles. The number of hydrogen-bond acceptors (Lipinski definition) is 8. The van der Waals surface area contributed by atoms with E-state index >= 15 is 0 Å². The summed E-state index contributed by atoms with van der Waals surface area (Å²) in [7, 11) is -0.213. The third-order valence-electron chi connectivity index (χ3n) is 5.94. The van der Waals surface area contributed by atoms with Gasteiger partial charge < -0.3 is 24.6 Å². The number of rotatable bonds is 9. The molecule has 1 fully saturated rings. The molecule has 0 aliphatic carbocycles. The minimum absolute atomic E-state index is 0.152. The number of thiazole rings is 1. The summed E-state index contributed by atoms with van der Waals surface area (Å²) in [6.45, 7) is 5.72. The van der Waals surface area contributed by atoms with Gasteiger partial charge in [-0.25, -0.2) is 19.0 Å². The monoisotopic (exact) mass is 516 g/mol. The van der Waals surface area contributed by atoms with Gasteiger partial charge in [-0.05, 0) is 62.9 Å². The molecule has 4 rings (SSSR count). The Morgan fingerprint density at radius 3 is 2.66 bits per heavy atom. The van der Waals surface area contributed by atoms with Crippen molar-refractivity contribution in [3.05, 3.63) is 47.8 Å². The molecule has 35 heavy (non-hydrogen) atoms. The van der Waals surface area contributed by atoms with Gasteiger partial charge in [0, 0.05) is 36.7 Å². The van der Waals surface area contributed by atoms with Crippen LogP contribution in [-0.4, -0.2) is 51.6 Å². The Morgan fingerprint density at radius 2 is 2.00 bits per heavy atom. The van der Waals surface area contributed by atoms with Crippen molar-refractivity contribution in [1.29, 1.82) is 0 Å². The Hall–Kier alpha value is -3.02. The van der Waals surface area contributed by atoms with E-state index in [4.69, 9.17) is 19.6 Å². The van der Waals surface area contributed by atoms with Crippen LogP contribution < -0.4 is 14.8 Å². The van der Waals surface area contributed by atoms with Gasteiger partial charge in [0.25, 0.3) is 0 Å². The highest BCUT2D eigenvalue weighted by atomic mass is 32.2. The van der Waals surface area contributed by atoms with Gasteiger partial charge in [-0.3, -0.25) is 0 Å². The smallest absolute Gasteiger partial charge is 0.335 e. The zero-order chi connectivity index (χ0) is 24.9. The van der Waals surface area contributed by atoms with E-state index in [1.54, 1.807) is 24.4 Å². The number of nitrogens with one attached hydrogen (secondary N) is 2. The van der Waals surface area contributed by atoms with Gasteiger partial charge in [-0.2, -0.15) is 0 Å². The molecule has 3 heterocycles. The number of anilines is 2.